The minimum Gasteiger partial charge on any atom is -0.378 e. The predicted octanol–water partition coefficient (Wildman–Crippen LogP) is 3.11. The molecule has 0 spiro atoms. The molecule has 0 aromatic heterocycles. The van der Waals surface area contributed by atoms with Crippen LogP contribution in [0.25, 0.3) is 0 Å². The van der Waals surface area contributed by atoms with Gasteiger partial charge in [-0.05, 0) is 10.8 Å². The maximum Gasteiger partial charge on any atom is 0.0885 e. The van der Waals surface area contributed by atoms with Crippen molar-refractivity contribution in [1.29, 1.82) is 0 Å². The molecule has 0 radical (unpaired) electrons. The molecule has 2 heteroatoms. The number of hydrogen-bond donors (Lipinski definition) is 0. The number of methoxy groups -OCH3 is 2. The predicted molar refractivity (Wildman–Crippen MR) is 60.5 cm³/mol. The summed E-state index contributed by atoms with van der Waals surface area (Å²) in [7, 11) is 3.52. The summed E-state index contributed by atoms with van der Waals surface area (Å²) < 4.78 is 11.1. The zero-order valence-electron chi connectivity index (χ0n) is 11.0. The molecule has 0 aliphatic carbocycles. The van der Waals surface area contributed by atoms with Crippen molar-refractivity contribution in [3.05, 3.63) is 0 Å². The molecule has 0 rings (SSSR count). The highest BCUT2D eigenvalue weighted by molar-refractivity contribution is 4.88. The van der Waals surface area contributed by atoms with Crippen LogP contribution in [-0.2, 0) is 9.47 Å². The lowest BCUT2D eigenvalue weighted by Crippen LogP contribution is -2.47. The lowest BCUT2D eigenvalue weighted by atomic mass is 9.76. The van der Waals surface area contributed by atoms with Crippen LogP contribution in [0.5, 0.6) is 0 Å². The van der Waals surface area contributed by atoms with Crippen molar-refractivity contribution in [1.82, 2.24) is 0 Å². The molecule has 0 bridgehead atoms. The molecule has 0 saturated carbocycles. The second-order valence-electron chi connectivity index (χ2n) is 6.04. The third-order valence-electron chi connectivity index (χ3n) is 2.49. The molecule has 2 atom stereocenters. The van der Waals surface area contributed by atoms with Crippen LogP contribution < -0.4 is 0 Å². The van der Waals surface area contributed by atoms with Gasteiger partial charge in [0.25, 0.3) is 0 Å². The van der Waals surface area contributed by atoms with Gasteiger partial charge in [-0.1, -0.05) is 41.5 Å². The van der Waals surface area contributed by atoms with E-state index in [1.54, 1.807) is 14.2 Å². The quantitative estimate of drug-likeness (QED) is 0.700. The lowest BCUT2D eigenvalue weighted by molar-refractivity contribution is -0.127. The first kappa shape index (κ1) is 13.9. The normalized spacial score (nSPS) is 18.0. The first-order valence-electron chi connectivity index (χ1n) is 5.20. The summed E-state index contributed by atoms with van der Waals surface area (Å²) in [6, 6.07) is 0. The molecule has 0 unspecified atom stereocenters. The van der Waals surface area contributed by atoms with E-state index in [2.05, 4.69) is 41.5 Å². The third kappa shape index (κ3) is 3.58. The van der Waals surface area contributed by atoms with Crippen LogP contribution in [0.1, 0.15) is 41.5 Å². The second-order valence-corrected chi connectivity index (χ2v) is 6.04. The summed E-state index contributed by atoms with van der Waals surface area (Å²) in [6.07, 6.45) is 0.236. The SMILES string of the molecule is CO[C@@H]([C@H](OC)C(C)(C)C)C(C)(C)C. The topological polar surface area (TPSA) is 18.5 Å². The summed E-state index contributed by atoms with van der Waals surface area (Å²) in [4.78, 5) is 0. The van der Waals surface area contributed by atoms with Gasteiger partial charge in [-0.3, -0.25) is 0 Å². The minimum atomic E-state index is 0.0999. The first-order valence-corrected chi connectivity index (χ1v) is 5.20. The Bertz CT molecular complexity index is 142. The molecular weight excluding hydrogens is 176 g/mol. The van der Waals surface area contributed by atoms with Crippen molar-refractivity contribution >= 4 is 0 Å². The Morgan fingerprint density at radius 1 is 0.643 bits per heavy atom. The van der Waals surface area contributed by atoms with Crippen molar-refractivity contribution in [2.75, 3.05) is 14.2 Å². The highest BCUT2D eigenvalue weighted by atomic mass is 16.5. The molecule has 0 aromatic carbocycles. The molecule has 0 saturated heterocycles. The Morgan fingerprint density at radius 3 is 0.929 bits per heavy atom. The molecule has 0 N–H and O–H groups in total. The summed E-state index contributed by atoms with van der Waals surface area (Å²) in [5.74, 6) is 0. The molecule has 0 amide bonds. The van der Waals surface area contributed by atoms with Crippen molar-refractivity contribution in [2.24, 2.45) is 10.8 Å². The Balaban J connectivity index is 4.81. The molecular formula is C12H26O2. The number of hydrogen-bond acceptors (Lipinski definition) is 2. The number of rotatable bonds is 3. The van der Waals surface area contributed by atoms with Crippen molar-refractivity contribution in [3.63, 3.8) is 0 Å². The Hall–Kier alpha value is -0.0800. The first-order chi connectivity index (χ1) is 6.14. The van der Waals surface area contributed by atoms with Crippen LogP contribution in [0, 0.1) is 10.8 Å². The minimum absolute atomic E-state index is 0.0999. The summed E-state index contributed by atoms with van der Waals surface area (Å²) in [5, 5.41) is 0. The van der Waals surface area contributed by atoms with E-state index in [1.165, 1.54) is 0 Å². The fourth-order valence-corrected chi connectivity index (χ4v) is 1.86. The average molecular weight is 202 g/mol. The van der Waals surface area contributed by atoms with Crippen molar-refractivity contribution < 1.29 is 9.47 Å². The largest absolute Gasteiger partial charge is 0.378 e. The van der Waals surface area contributed by atoms with E-state index in [0.717, 1.165) is 0 Å². The van der Waals surface area contributed by atoms with Gasteiger partial charge in [0, 0.05) is 14.2 Å². The smallest absolute Gasteiger partial charge is 0.0885 e. The molecule has 86 valence electrons. The van der Waals surface area contributed by atoms with Crippen LogP contribution in [0.4, 0.5) is 0 Å². The van der Waals surface area contributed by atoms with Crippen molar-refractivity contribution in [3.8, 4) is 0 Å². The van der Waals surface area contributed by atoms with Crippen LogP contribution >= 0.6 is 0 Å². The van der Waals surface area contributed by atoms with E-state index >= 15 is 0 Å². The molecule has 0 aliphatic heterocycles. The Morgan fingerprint density at radius 2 is 0.857 bits per heavy atom. The molecule has 0 aliphatic rings. The Kier molecular flexibility index (Phi) is 4.60. The maximum absolute atomic E-state index is 5.57. The van der Waals surface area contributed by atoms with Crippen LogP contribution in [0.3, 0.4) is 0 Å². The number of ether oxygens (including phenoxy) is 2. The maximum atomic E-state index is 5.57. The lowest BCUT2D eigenvalue weighted by Gasteiger charge is -2.41. The van der Waals surface area contributed by atoms with E-state index in [4.69, 9.17) is 9.47 Å². The average Bonchev–Trinajstić information content (AvgIpc) is 1.94. The van der Waals surface area contributed by atoms with Gasteiger partial charge in [0.15, 0.2) is 0 Å². The third-order valence-corrected chi connectivity index (χ3v) is 2.49. The Labute approximate surface area is 89.0 Å². The van der Waals surface area contributed by atoms with Gasteiger partial charge in [0.2, 0.25) is 0 Å². The van der Waals surface area contributed by atoms with Gasteiger partial charge in [-0.15, -0.1) is 0 Å². The zero-order valence-corrected chi connectivity index (χ0v) is 11.0. The van der Waals surface area contributed by atoms with Crippen LogP contribution in [0.2, 0.25) is 0 Å². The fourth-order valence-electron chi connectivity index (χ4n) is 1.86. The van der Waals surface area contributed by atoms with E-state index in [1.807, 2.05) is 0 Å². The van der Waals surface area contributed by atoms with Crippen LogP contribution in [0.15, 0.2) is 0 Å². The highest BCUT2D eigenvalue weighted by Gasteiger charge is 2.39. The zero-order chi connectivity index (χ0) is 11.6. The molecule has 0 aromatic rings. The molecule has 2 nitrogen and oxygen atoms in total. The van der Waals surface area contributed by atoms with E-state index < -0.39 is 0 Å². The van der Waals surface area contributed by atoms with Gasteiger partial charge >= 0.3 is 0 Å². The molecule has 0 fully saturated rings. The van der Waals surface area contributed by atoms with Crippen molar-refractivity contribution in [2.45, 2.75) is 53.8 Å². The monoisotopic (exact) mass is 202 g/mol. The van der Waals surface area contributed by atoms with E-state index in [9.17, 15) is 0 Å². The van der Waals surface area contributed by atoms with Gasteiger partial charge in [-0.2, -0.15) is 0 Å². The van der Waals surface area contributed by atoms with E-state index in [0.29, 0.717) is 0 Å². The highest BCUT2D eigenvalue weighted by Crippen LogP contribution is 2.34. The summed E-state index contributed by atoms with van der Waals surface area (Å²) in [5.41, 5.74) is 0.200. The van der Waals surface area contributed by atoms with Crippen LogP contribution in [-0.4, -0.2) is 26.4 Å². The second kappa shape index (κ2) is 4.63. The van der Waals surface area contributed by atoms with Gasteiger partial charge in [0.05, 0.1) is 12.2 Å². The van der Waals surface area contributed by atoms with Gasteiger partial charge < -0.3 is 9.47 Å². The van der Waals surface area contributed by atoms with Gasteiger partial charge in [-0.25, -0.2) is 0 Å². The summed E-state index contributed by atoms with van der Waals surface area (Å²) in [6.45, 7) is 13.1. The van der Waals surface area contributed by atoms with E-state index in [-0.39, 0.29) is 23.0 Å². The summed E-state index contributed by atoms with van der Waals surface area (Å²) >= 11 is 0. The molecule has 14 heavy (non-hydrogen) atoms. The standard InChI is InChI=1S/C12H26O2/c1-11(2,3)9(13-7)10(14-8)12(4,5)6/h9-10H,1-8H3/t9-,10-/m0/s1. The fraction of sp³-hybridized carbons (Fsp3) is 1.00. The van der Waals surface area contributed by atoms with Gasteiger partial charge in [0.1, 0.15) is 0 Å². The molecule has 0 heterocycles.